The fourth-order valence-electron chi connectivity index (χ4n) is 1.93. The molecule has 0 rings (SSSR count). The Balaban J connectivity index is 3.82. The van der Waals surface area contributed by atoms with Crippen molar-refractivity contribution in [3.63, 3.8) is 0 Å². The maximum absolute atomic E-state index is 2.60. The predicted octanol–water partition coefficient (Wildman–Crippen LogP) is 3.85. The summed E-state index contributed by atoms with van der Waals surface area (Å²) in [6.07, 6.45) is 9.50. The Morgan fingerprint density at radius 3 is 2.07 bits per heavy atom. The summed E-state index contributed by atoms with van der Waals surface area (Å²) in [7, 11) is 0. The first-order valence-corrected chi connectivity index (χ1v) is 6.19. The average molecular weight is 197 g/mol. The molecule has 0 aliphatic carbocycles. The number of rotatable bonds is 8. The van der Waals surface area contributed by atoms with Crippen LogP contribution in [0, 0.1) is 0 Å². The van der Waals surface area contributed by atoms with Gasteiger partial charge in [-0.1, -0.05) is 39.8 Å². The SMILES string of the molecule is CC/C=C\CCN(CC)C(CC)CC. The molecule has 0 heterocycles. The minimum atomic E-state index is 0.787. The molecule has 1 nitrogen and oxygen atoms in total. The van der Waals surface area contributed by atoms with E-state index in [4.69, 9.17) is 0 Å². The van der Waals surface area contributed by atoms with Crippen LogP contribution in [0.15, 0.2) is 12.2 Å². The molecule has 0 aliphatic rings. The highest BCUT2D eigenvalue weighted by Gasteiger charge is 2.11. The molecule has 0 atom stereocenters. The second-order valence-corrected chi connectivity index (χ2v) is 3.77. The zero-order chi connectivity index (χ0) is 10.8. The smallest absolute Gasteiger partial charge is 0.00900 e. The normalized spacial score (nSPS) is 12.1. The molecule has 0 saturated heterocycles. The Morgan fingerprint density at radius 2 is 1.64 bits per heavy atom. The predicted molar refractivity (Wildman–Crippen MR) is 65.7 cm³/mol. The van der Waals surface area contributed by atoms with Gasteiger partial charge in [0, 0.05) is 12.6 Å². The van der Waals surface area contributed by atoms with Gasteiger partial charge in [-0.3, -0.25) is 0 Å². The summed E-state index contributed by atoms with van der Waals surface area (Å²) in [5.74, 6) is 0. The van der Waals surface area contributed by atoms with E-state index in [0.717, 1.165) is 12.5 Å². The van der Waals surface area contributed by atoms with Crippen molar-refractivity contribution in [1.82, 2.24) is 4.90 Å². The van der Waals surface area contributed by atoms with E-state index < -0.39 is 0 Å². The third-order valence-electron chi connectivity index (χ3n) is 2.85. The van der Waals surface area contributed by atoms with Crippen LogP contribution in [-0.2, 0) is 0 Å². The Kier molecular flexibility index (Phi) is 9.06. The standard InChI is InChI=1S/C13H27N/c1-5-9-10-11-12-14(8-4)13(6-2)7-3/h9-10,13H,5-8,11-12H2,1-4H3/b10-9-. The molecule has 14 heavy (non-hydrogen) atoms. The first-order chi connectivity index (χ1) is 6.79. The second kappa shape index (κ2) is 9.26. The number of hydrogen-bond acceptors (Lipinski definition) is 1. The minimum absolute atomic E-state index is 0.787. The van der Waals surface area contributed by atoms with Crippen LogP contribution in [0.25, 0.3) is 0 Å². The van der Waals surface area contributed by atoms with E-state index in [1.54, 1.807) is 0 Å². The summed E-state index contributed by atoms with van der Waals surface area (Å²) in [6, 6.07) is 0.787. The van der Waals surface area contributed by atoms with Gasteiger partial charge in [0.2, 0.25) is 0 Å². The lowest BCUT2D eigenvalue weighted by Crippen LogP contribution is -2.34. The molecule has 0 aromatic rings. The molecule has 0 saturated carbocycles. The Bertz CT molecular complexity index is 136. The quantitative estimate of drug-likeness (QED) is 0.534. The number of nitrogens with zero attached hydrogens (tertiary/aromatic N) is 1. The number of allylic oxidation sites excluding steroid dienone is 1. The molecular weight excluding hydrogens is 170 g/mol. The minimum Gasteiger partial charge on any atom is -0.300 e. The van der Waals surface area contributed by atoms with E-state index in [2.05, 4.69) is 44.7 Å². The molecular formula is C13H27N. The Labute approximate surface area is 90.2 Å². The summed E-state index contributed by atoms with van der Waals surface area (Å²) >= 11 is 0. The van der Waals surface area contributed by atoms with Crippen molar-refractivity contribution in [2.24, 2.45) is 0 Å². The fourth-order valence-corrected chi connectivity index (χ4v) is 1.93. The molecule has 0 bridgehead atoms. The molecule has 0 amide bonds. The Hall–Kier alpha value is -0.300. The fraction of sp³-hybridized carbons (Fsp3) is 0.846. The van der Waals surface area contributed by atoms with Crippen molar-refractivity contribution in [2.75, 3.05) is 13.1 Å². The van der Waals surface area contributed by atoms with Crippen LogP contribution in [0.1, 0.15) is 53.4 Å². The van der Waals surface area contributed by atoms with E-state index in [-0.39, 0.29) is 0 Å². The summed E-state index contributed by atoms with van der Waals surface area (Å²) in [6.45, 7) is 11.4. The average Bonchev–Trinajstić information content (AvgIpc) is 2.23. The summed E-state index contributed by atoms with van der Waals surface area (Å²) in [4.78, 5) is 2.60. The summed E-state index contributed by atoms with van der Waals surface area (Å²) in [5, 5.41) is 0. The largest absolute Gasteiger partial charge is 0.300 e. The molecule has 0 aromatic heterocycles. The number of hydrogen-bond donors (Lipinski definition) is 0. The molecule has 0 N–H and O–H groups in total. The molecule has 0 fully saturated rings. The van der Waals surface area contributed by atoms with Crippen LogP contribution in [0.3, 0.4) is 0 Å². The zero-order valence-electron chi connectivity index (χ0n) is 10.4. The summed E-state index contributed by atoms with van der Waals surface area (Å²) in [5.41, 5.74) is 0. The van der Waals surface area contributed by atoms with Crippen molar-refractivity contribution < 1.29 is 0 Å². The van der Waals surface area contributed by atoms with Gasteiger partial charge in [-0.05, 0) is 32.2 Å². The zero-order valence-corrected chi connectivity index (χ0v) is 10.4. The first kappa shape index (κ1) is 13.7. The van der Waals surface area contributed by atoms with Crippen molar-refractivity contribution in [2.45, 2.75) is 59.4 Å². The van der Waals surface area contributed by atoms with Crippen molar-refractivity contribution in [1.29, 1.82) is 0 Å². The highest BCUT2D eigenvalue weighted by atomic mass is 15.1. The molecule has 0 aliphatic heterocycles. The highest BCUT2D eigenvalue weighted by molar-refractivity contribution is 4.82. The van der Waals surface area contributed by atoms with E-state index in [1.165, 1.54) is 32.4 Å². The first-order valence-electron chi connectivity index (χ1n) is 6.19. The van der Waals surface area contributed by atoms with E-state index in [9.17, 15) is 0 Å². The molecule has 1 heteroatoms. The highest BCUT2D eigenvalue weighted by Crippen LogP contribution is 2.08. The van der Waals surface area contributed by atoms with Crippen LogP contribution >= 0.6 is 0 Å². The van der Waals surface area contributed by atoms with Gasteiger partial charge in [-0.2, -0.15) is 0 Å². The lowest BCUT2D eigenvalue weighted by Gasteiger charge is -2.28. The van der Waals surface area contributed by atoms with Gasteiger partial charge in [-0.15, -0.1) is 0 Å². The molecule has 0 unspecified atom stereocenters. The third-order valence-corrected chi connectivity index (χ3v) is 2.85. The van der Waals surface area contributed by atoms with Gasteiger partial charge in [0.25, 0.3) is 0 Å². The van der Waals surface area contributed by atoms with Gasteiger partial charge >= 0.3 is 0 Å². The van der Waals surface area contributed by atoms with Crippen LogP contribution in [0.4, 0.5) is 0 Å². The van der Waals surface area contributed by atoms with Crippen LogP contribution in [-0.4, -0.2) is 24.0 Å². The van der Waals surface area contributed by atoms with E-state index in [0.29, 0.717) is 0 Å². The van der Waals surface area contributed by atoms with Crippen LogP contribution in [0.2, 0.25) is 0 Å². The lowest BCUT2D eigenvalue weighted by atomic mass is 10.1. The molecule has 0 radical (unpaired) electrons. The van der Waals surface area contributed by atoms with Gasteiger partial charge in [0.05, 0.1) is 0 Å². The van der Waals surface area contributed by atoms with Gasteiger partial charge in [-0.25, -0.2) is 0 Å². The molecule has 0 aromatic carbocycles. The second-order valence-electron chi connectivity index (χ2n) is 3.77. The third kappa shape index (κ3) is 5.43. The van der Waals surface area contributed by atoms with Crippen molar-refractivity contribution >= 4 is 0 Å². The maximum Gasteiger partial charge on any atom is 0.00900 e. The molecule has 84 valence electrons. The Morgan fingerprint density at radius 1 is 1.00 bits per heavy atom. The van der Waals surface area contributed by atoms with E-state index in [1.807, 2.05) is 0 Å². The van der Waals surface area contributed by atoms with E-state index >= 15 is 0 Å². The van der Waals surface area contributed by atoms with Crippen molar-refractivity contribution in [3.8, 4) is 0 Å². The van der Waals surface area contributed by atoms with Gasteiger partial charge in [0.15, 0.2) is 0 Å². The van der Waals surface area contributed by atoms with Gasteiger partial charge in [0.1, 0.15) is 0 Å². The van der Waals surface area contributed by atoms with Crippen LogP contribution < -0.4 is 0 Å². The lowest BCUT2D eigenvalue weighted by molar-refractivity contribution is 0.199. The van der Waals surface area contributed by atoms with Crippen LogP contribution in [0.5, 0.6) is 0 Å². The van der Waals surface area contributed by atoms with Crippen molar-refractivity contribution in [3.05, 3.63) is 12.2 Å². The maximum atomic E-state index is 2.60. The topological polar surface area (TPSA) is 3.24 Å². The summed E-state index contributed by atoms with van der Waals surface area (Å²) < 4.78 is 0. The monoisotopic (exact) mass is 197 g/mol. The van der Waals surface area contributed by atoms with Gasteiger partial charge < -0.3 is 4.90 Å². The molecule has 0 spiro atoms.